The summed E-state index contributed by atoms with van der Waals surface area (Å²) in [6.07, 6.45) is 0. The minimum Gasteiger partial charge on any atom is -0.379 e. The molecule has 0 amide bonds. The van der Waals surface area contributed by atoms with Crippen LogP contribution in [0.2, 0.25) is 0 Å². The minimum absolute atomic E-state index is 0.645. The summed E-state index contributed by atoms with van der Waals surface area (Å²) < 4.78 is 5.39. The molecule has 3 heteroatoms. The van der Waals surface area contributed by atoms with Crippen LogP contribution in [0, 0.1) is 0 Å². The molecule has 0 radical (unpaired) electrons. The van der Waals surface area contributed by atoms with E-state index in [0.717, 1.165) is 45.9 Å². The lowest BCUT2D eigenvalue weighted by Gasteiger charge is -2.28. The summed E-state index contributed by atoms with van der Waals surface area (Å²) in [6, 6.07) is 7.01. The number of rotatable bonds is 2. The summed E-state index contributed by atoms with van der Waals surface area (Å²) in [4.78, 5) is 2.48. The molecule has 0 spiro atoms. The summed E-state index contributed by atoms with van der Waals surface area (Å²) in [5, 5.41) is 3.49. The van der Waals surface area contributed by atoms with E-state index >= 15 is 0 Å². The van der Waals surface area contributed by atoms with Gasteiger partial charge in [-0.2, -0.15) is 0 Å². The lowest BCUT2D eigenvalue weighted by molar-refractivity contribution is 0.0342. The molecule has 0 aliphatic carbocycles. The van der Waals surface area contributed by atoms with Gasteiger partial charge in [-0.05, 0) is 22.6 Å². The van der Waals surface area contributed by atoms with Crippen molar-refractivity contribution in [3.63, 3.8) is 0 Å². The van der Waals surface area contributed by atoms with Crippen LogP contribution in [0.1, 0.15) is 29.5 Å². The van der Waals surface area contributed by atoms with Gasteiger partial charge in [0.25, 0.3) is 0 Å². The summed E-state index contributed by atoms with van der Waals surface area (Å²) >= 11 is 0. The molecule has 0 aromatic heterocycles. The number of hydrogen-bond acceptors (Lipinski definition) is 3. The first-order chi connectivity index (χ1) is 8.83. The minimum atomic E-state index is 0.645. The zero-order chi connectivity index (χ0) is 12.4. The second kappa shape index (κ2) is 5.39. The number of nitrogens with zero attached hydrogens (tertiary/aromatic N) is 1. The Bertz CT molecular complexity index is 413. The normalized spacial score (nSPS) is 24.8. The average molecular weight is 246 g/mol. The lowest BCUT2D eigenvalue weighted by Crippen LogP contribution is -2.35. The Balaban J connectivity index is 1.73. The van der Waals surface area contributed by atoms with Crippen molar-refractivity contribution in [3.8, 4) is 0 Å². The van der Waals surface area contributed by atoms with Gasteiger partial charge in [0.2, 0.25) is 0 Å². The number of benzene rings is 1. The first-order valence-corrected chi connectivity index (χ1v) is 6.95. The smallest absolute Gasteiger partial charge is 0.0594 e. The van der Waals surface area contributed by atoms with Gasteiger partial charge >= 0.3 is 0 Å². The standard InChI is InChI=1S/C15H22N2O/c1-12-9-16-10-14-8-13(2-3-15(12)14)11-17-4-6-18-7-5-17/h2-3,8,12,16H,4-7,9-11H2,1H3. The van der Waals surface area contributed by atoms with Crippen LogP contribution in [0.25, 0.3) is 0 Å². The molecule has 2 heterocycles. The van der Waals surface area contributed by atoms with Crippen molar-refractivity contribution in [1.29, 1.82) is 0 Å². The monoisotopic (exact) mass is 246 g/mol. The van der Waals surface area contributed by atoms with E-state index in [4.69, 9.17) is 4.74 Å². The number of nitrogens with one attached hydrogen (secondary N) is 1. The summed E-state index contributed by atoms with van der Waals surface area (Å²) in [5.41, 5.74) is 4.45. The highest BCUT2D eigenvalue weighted by Crippen LogP contribution is 2.24. The molecule has 3 nitrogen and oxygen atoms in total. The fourth-order valence-corrected chi connectivity index (χ4v) is 2.94. The molecule has 98 valence electrons. The van der Waals surface area contributed by atoms with E-state index in [1.54, 1.807) is 0 Å². The van der Waals surface area contributed by atoms with Crippen molar-refractivity contribution in [2.75, 3.05) is 32.8 Å². The maximum atomic E-state index is 5.39. The van der Waals surface area contributed by atoms with E-state index in [-0.39, 0.29) is 0 Å². The van der Waals surface area contributed by atoms with E-state index in [1.165, 1.54) is 16.7 Å². The molecule has 18 heavy (non-hydrogen) atoms. The molecule has 1 unspecified atom stereocenters. The van der Waals surface area contributed by atoms with Gasteiger partial charge in [-0.15, -0.1) is 0 Å². The topological polar surface area (TPSA) is 24.5 Å². The Morgan fingerprint density at radius 2 is 2.17 bits per heavy atom. The van der Waals surface area contributed by atoms with Crippen molar-refractivity contribution in [1.82, 2.24) is 10.2 Å². The first-order valence-electron chi connectivity index (χ1n) is 6.95. The number of ether oxygens (including phenoxy) is 1. The molecule has 1 atom stereocenters. The van der Waals surface area contributed by atoms with Gasteiger partial charge in [0.15, 0.2) is 0 Å². The number of morpholine rings is 1. The molecule has 3 rings (SSSR count). The molecule has 1 fully saturated rings. The highest BCUT2D eigenvalue weighted by atomic mass is 16.5. The van der Waals surface area contributed by atoms with Crippen LogP contribution < -0.4 is 5.32 Å². The zero-order valence-electron chi connectivity index (χ0n) is 11.1. The molecular weight excluding hydrogens is 224 g/mol. The Hall–Kier alpha value is -0.900. The molecule has 1 saturated heterocycles. The quantitative estimate of drug-likeness (QED) is 0.860. The third-order valence-electron chi connectivity index (χ3n) is 4.01. The zero-order valence-corrected chi connectivity index (χ0v) is 11.1. The Kier molecular flexibility index (Phi) is 3.64. The maximum absolute atomic E-state index is 5.39. The van der Waals surface area contributed by atoms with Crippen molar-refractivity contribution in [2.45, 2.75) is 25.9 Å². The van der Waals surface area contributed by atoms with Gasteiger partial charge < -0.3 is 10.1 Å². The van der Waals surface area contributed by atoms with Gasteiger partial charge in [0, 0.05) is 32.7 Å². The SMILES string of the molecule is CC1CNCc2cc(CN3CCOCC3)ccc21. The lowest BCUT2D eigenvalue weighted by atomic mass is 9.91. The van der Waals surface area contributed by atoms with Gasteiger partial charge in [-0.1, -0.05) is 25.1 Å². The third-order valence-corrected chi connectivity index (χ3v) is 4.01. The molecule has 2 aliphatic rings. The highest BCUT2D eigenvalue weighted by Gasteiger charge is 2.17. The van der Waals surface area contributed by atoms with Crippen LogP contribution in [-0.4, -0.2) is 37.7 Å². The largest absolute Gasteiger partial charge is 0.379 e. The maximum Gasteiger partial charge on any atom is 0.0594 e. The fraction of sp³-hybridized carbons (Fsp3) is 0.600. The molecule has 0 saturated carbocycles. The second-order valence-electron chi connectivity index (χ2n) is 5.45. The fourth-order valence-electron chi connectivity index (χ4n) is 2.94. The molecule has 1 aromatic carbocycles. The van der Waals surface area contributed by atoms with Crippen LogP contribution in [0.4, 0.5) is 0 Å². The van der Waals surface area contributed by atoms with Crippen LogP contribution in [0.5, 0.6) is 0 Å². The summed E-state index contributed by atoms with van der Waals surface area (Å²) in [7, 11) is 0. The van der Waals surface area contributed by atoms with Crippen LogP contribution in [0.15, 0.2) is 18.2 Å². The highest BCUT2D eigenvalue weighted by molar-refractivity contribution is 5.36. The Labute approximate surface area is 109 Å². The van der Waals surface area contributed by atoms with Crippen molar-refractivity contribution in [3.05, 3.63) is 34.9 Å². The van der Waals surface area contributed by atoms with E-state index in [0.29, 0.717) is 5.92 Å². The predicted molar refractivity (Wildman–Crippen MR) is 72.7 cm³/mol. The van der Waals surface area contributed by atoms with Gasteiger partial charge in [0.05, 0.1) is 13.2 Å². The van der Waals surface area contributed by atoms with Crippen LogP contribution in [0.3, 0.4) is 0 Å². The van der Waals surface area contributed by atoms with E-state index < -0.39 is 0 Å². The average Bonchev–Trinajstić information content (AvgIpc) is 2.40. The third kappa shape index (κ3) is 2.58. The van der Waals surface area contributed by atoms with Crippen molar-refractivity contribution >= 4 is 0 Å². The van der Waals surface area contributed by atoms with E-state index in [2.05, 4.69) is 35.3 Å². The first kappa shape index (κ1) is 12.2. The van der Waals surface area contributed by atoms with Gasteiger partial charge in [0.1, 0.15) is 0 Å². The Morgan fingerprint density at radius 1 is 1.33 bits per heavy atom. The van der Waals surface area contributed by atoms with Gasteiger partial charge in [-0.3, -0.25) is 4.90 Å². The molecule has 1 N–H and O–H groups in total. The molecular formula is C15H22N2O. The second-order valence-corrected chi connectivity index (χ2v) is 5.45. The van der Waals surface area contributed by atoms with E-state index in [9.17, 15) is 0 Å². The van der Waals surface area contributed by atoms with Gasteiger partial charge in [-0.25, -0.2) is 0 Å². The van der Waals surface area contributed by atoms with Crippen LogP contribution in [-0.2, 0) is 17.8 Å². The molecule has 0 bridgehead atoms. The summed E-state index contributed by atoms with van der Waals surface area (Å²) in [5.74, 6) is 0.645. The number of hydrogen-bond donors (Lipinski definition) is 1. The van der Waals surface area contributed by atoms with E-state index in [1.807, 2.05) is 0 Å². The predicted octanol–water partition coefficient (Wildman–Crippen LogP) is 1.73. The van der Waals surface area contributed by atoms with Crippen LogP contribution >= 0.6 is 0 Å². The molecule has 1 aromatic rings. The summed E-state index contributed by atoms with van der Waals surface area (Å²) in [6.45, 7) is 9.37. The number of fused-ring (bicyclic) bond motifs is 1. The molecule has 2 aliphatic heterocycles. The van der Waals surface area contributed by atoms with Crippen molar-refractivity contribution < 1.29 is 4.74 Å². The van der Waals surface area contributed by atoms with Crippen molar-refractivity contribution in [2.24, 2.45) is 0 Å². The Morgan fingerprint density at radius 3 is 3.00 bits per heavy atom.